The van der Waals surface area contributed by atoms with Crippen molar-refractivity contribution in [3.63, 3.8) is 0 Å². The van der Waals surface area contributed by atoms with Crippen molar-refractivity contribution in [2.75, 3.05) is 44.9 Å². The summed E-state index contributed by atoms with van der Waals surface area (Å²) in [6.07, 6.45) is 0. The van der Waals surface area contributed by atoms with Gasteiger partial charge in [0.05, 0.1) is 5.69 Å². The number of halogens is 1. The molecule has 0 saturated heterocycles. The Morgan fingerprint density at radius 1 is 1.20 bits per heavy atom. The van der Waals surface area contributed by atoms with Gasteiger partial charge in [0.15, 0.2) is 0 Å². The summed E-state index contributed by atoms with van der Waals surface area (Å²) in [5.41, 5.74) is 6.53. The third-order valence-electron chi connectivity index (χ3n) is 2.27. The molecule has 15 heavy (non-hydrogen) atoms. The van der Waals surface area contributed by atoms with Gasteiger partial charge in [-0.25, -0.2) is 4.39 Å². The van der Waals surface area contributed by atoms with E-state index < -0.39 is 0 Å². The smallest absolute Gasteiger partial charge is 0.148 e. The van der Waals surface area contributed by atoms with Crippen molar-refractivity contribution in [3.8, 4) is 0 Å². The van der Waals surface area contributed by atoms with Crippen molar-refractivity contribution in [1.29, 1.82) is 0 Å². The molecule has 0 saturated carbocycles. The zero-order valence-corrected chi connectivity index (χ0v) is 9.50. The van der Waals surface area contributed by atoms with Crippen LogP contribution in [-0.4, -0.2) is 39.1 Å². The number of likely N-dealkylation sites (N-methyl/N-ethyl adjacent to an activating group) is 2. The fourth-order valence-electron chi connectivity index (χ4n) is 1.30. The van der Waals surface area contributed by atoms with E-state index in [9.17, 15) is 4.39 Å². The number of nitrogens with two attached hydrogens (primary N) is 1. The molecule has 0 aliphatic heterocycles. The van der Waals surface area contributed by atoms with E-state index >= 15 is 0 Å². The van der Waals surface area contributed by atoms with Crippen molar-refractivity contribution in [1.82, 2.24) is 4.90 Å². The van der Waals surface area contributed by atoms with Gasteiger partial charge < -0.3 is 15.5 Å². The van der Waals surface area contributed by atoms with Gasteiger partial charge in [-0.2, -0.15) is 0 Å². The van der Waals surface area contributed by atoms with Crippen LogP contribution in [0.25, 0.3) is 0 Å². The Kier molecular flexibility index (Phi) is 3.91. The maximum Gasteiger partial charge on any atom is 0.148 e. The Morgan fingerprint density at radius 2 is 1.87 bits per heavy atom. The van der Waals surface area contributed by atoms with Gasteiger partial charge in [-0.15, -0.1) is 0 Å². The molecule has 0 unspecified atom stereocenters. The highest BCUT2D eigenvalue weighted by Gasteiger charge is 2.07. The van der Waals surface area contributed by atoms with E-state index in [1.165, 1.54) is 6.07 Å². The fourth-order valence-corrected chi connectivity index (χ4v) is 1.30. The minimum Gasteiger partial charge on any atom is -0.399 e. The number of nitrogen functional groups attached to an aromatic ring is 1. The molecule has 3 nitrogen and oxygen atoms in total. The van der Waals surface area contributed by atoms with Crippen LogP contribution in [-0.2, 0) is 0 Å². The van der Waals surface area contributed by atoms with Gasteiger partial charge >= 0.3 is 0 Å². The van der Waals surface area contributed by atoms with Crippen molar-refractivity contribution in [2.45, 2.75) is 0 Å². The summed E-state index contributed by atoms with van der Waals surface area (Å²) < 4.78 is 13.5. The number of nitrogens with zero attached hydrogens (tertiary/aromatic N) is 2. The lowest BCUT2D eigenvalue weighted by molar-refractivity contribution is 0.416. The summed E-state index contributed by atoms with van der Waals surface area (Å²) in [5, 5.41) is 0. The van der Waals surface area contributed by atoms with Crippen LogP contribution in [0.2, 0.25) is 0 Å². The summed E-state index contributed by atoms with van der Waals surface area (Å²) in [7, 11) is 5.86. The second-order valence-electron chi connectivity index (χ2n) is 3.94. The Morgan fingerprint density at radius 3 is 2.40 bits per heavy atom. The van der Waals surface area contributed by atoms with Crippen LogP contribution >= 0.6 is 0 Å². The molecule has 0 heterocycles. The molecule has 0 spiro atoms. The first-order valence-corrected chi connectivity index (χ1v) is 4.91. The van der Waals surface area contributed by atoms with E-state index in [1.807, 2.05) is 26.0 Å². The molecule has 1 rings (SSSR count). The van der Waals surface area contributed by atoms with Crippen LogP contribution in [0.5, 0.6) is 0 Å². The molecule has 1 aromatic rings. The standard InChI is InChI=1S/C11H18FN3/c1-14(2)6-7-15(3)11-5-4-9(13)8-10(11)12/h4-5,8H,6-7,13H2,1-3H3. The van der Waals surface area contributed by atoms with Gasteiger partial charge in [-0.05, 0) is 32.3 Å². The number of anilines is 2. The van der Waals surface area contributed by atoms with E-state index in [2.05, 4.69) is 4.90 Å². The van der Waals surface area contributed by atoms with E-state index in [1.54, 1.807) is 12.1 Å². The Balaban J connectivity index is 2.69. The fraction of sp³-hybridized carbons (Fsp3) is 0.455. The number of benzene rings is 1. The predicted octanol–water partition coefficient (Wildman–Crippen LogP) is 1.41. The van der Waals surface area contributed by atoms with Crippen molar-refractivity contribution in [2.24, 2.45) is 0 Å². The summed E-state index contributed by atoms with van der Waals surface area (Å²) >= 11 is 0. The minimum absolute atomic E-state index is 0.267. The molecule has 0 radical (unpaired) electrons. The van der Waals surface area contributed by atoms with Crippen molar-refractivity contribution in [3.05, 3.63) is 24.0 Å². The molecule has 0 amide bonds. The van der Waals surface area contributed by atoms with Crippen LogP contribution in [0, 0.1) is 5.82 Å². The summed E-state index contributed by atoms with van der Waals surface area (Å²) in [6.45, 7) is 1.67. The summed E-state index contributed by atoms with van der Waals surface area (Å²) in [6, 6.07) is 4.77. The topological polar surface area (TPSA) is 32.5 Å². The van der Waals surface area contributed by atoms with Crippen molar-refractivity contribution < 1.29 is 4.39 Å². The lowest BCUT2D eigenvalue weighted by Crippen LogP contribution is -2.29. The molecule has 0 bridgehead atoms. The molecule has 4 heteroatoms. The molecule has 0 aliphatic rings. The van der Waals surface area contributed by atoms with E-state index in [0.717, 1.165) is 13.1 Å². The van der Waals surface area contributed by atoms with Crippen molar-refractivity contribution >= 4 is 11.4 Å². The summed E-state index contributed by atoms with van der Waals surface area (Å²) in [4.78, 5) is 3.94. The van der Waals surface area contributed by atoms with E-state index in [0.29, 0.717) is 11.4 Å². The van der Waals surface area contributed by atoms with Crippen LogP contribution < -0.4 is 10.6 Å². The van der Waals surface area contributed by atoms with Gasteiger partial charge in [0.25, 0.3) is 0 Å². The largest absolute Gasteiger partial charge is 0.399 e. The highest BCUT2D eigenvalue weighted by Crippen LogP contribution is 2.19. The number of hydrogen-bond acceptors (Lipinski definition) is 3. The second-order valence-corrected chi connectivity index (χ2v) is 3.94. The summed E-state index contributed by atoms with van der Waals surface area (Å²) in [5.74, 6) is -0.267. The molecule has 1 aromatic carbocycles. The highest BCUT2D eigenvalue weighted by molar-refractivity contribution is 5.53. The zero-order valence-electron chi connectivity index (χ0n) is 9.50. The Bertz CT molecular complexity index is 326. The van der Waals surface area contributed by atoms with Crippen LogP contribution in [0.1, 0.15) is 0 Å². The lowest BCUT2D eigenvalue weighted by Gasteiger charge is -2.22. The average Bonchev–Trinajstić information content (AvgIpc) is 2.14. The molecule has 0 aromatic heterocycles. The van der Waals surface area contributed by atoms with Gasteiger partial charge in [-0.1, -0.05) is 0 Å². The van der Waals surface area contributed by atoms with E-state index in [4.69, 9.17) is 5.73 Å². The van der Waals surface area contributed by atoms with Gasteiger partial charge in [-0.3, -0.25) is 0 Å². The third-order valence-corrected chi connectivity index (χ3v) is 2.27. The van der Waals surface area contributed by atoms with E-state index in [-0.39, 0.29) is 5.82 Å². The Labute approximate surface area is 90.3 Å². The number of rotatable bonds is 4. The maximum absolute atomic E-state index is 13.5. The van der Waals surface area contributed by atoms with Crippen LogP contribution in [0.15, 0.2) is 18.2 Å². The molecule has 0 aliphatic carbocycles. The molecule has 84 valence electrons. The first kappa shape index (κ1) is 11.8. The normalized spacial score (nSPS) is 10.7. The molecular weight excluding hydrogens is 193 g/mol. The van der Waals surface area contributed by atoms with Gasteiger partial charge in [0.1, 0.15) is 5.82 Å². The maximum atomic E-state index is 13.5. The first-order valence-electron chi connectivity index (χ1n) is 4.91. The van der Waals surface area contributed by atoms with Crippen LogP contribution in [0.4, 0.5) is 15.8 Å². The van der Waals surface area contributed by atoms with Gasteiger partial charge in [0.2, 0.25) is 0 Å². The SMILES string of the molecule is CN(C)CCN(C)c1ccc(N)cc1F. The Hall–Kier alpha value is -1.29. The third kappa shape index (κ3) is 3.40. The molecule has 2 N–H and O–H groups in total. The van der Waals surface area contributed by atoms with Crippen LogP contribution in [0.3, 0.4) is 0 Å². The molecular formula is C11H18FN3. The lowest BCUT2D eigenvalue weighted by atomic mass is 10.2. The highest BCUT2D eigenvalue weighted by atomic mass is 19.1. The first-order chi connectivity index (χ1) is 7.00. The average molecular weight is 211 g/mol. The molecule has 0 fully saturated rings. The quantitative estimate of drug-likeness (QED) is 0.764. The minimum atomic E-state index is -0.267. The zero-order chi connectivity index (χ0) is 11.4. The monoisotopic (exact) mass is 211 g/mol. The predicted molar refractivity (Wildman–Crippen MR) is 62.6 cm³/mol. The molecule has 0 atom stereocenters. The van der Waals surface area contributed by atoms with Gasteiger partial charge in [0, 0.05) is 25.8 Å². The second kappa shape index (κ2) is 4.98. The number of hydrogen-bond donors (Lipinski definition) is 1.